The summed E-state index contributed by atoms with van der Waals surface area (Å²) in [6.45, 7) is 11.4. The Morgan fingerprint density at radius 1 is 0.588 bits per heavy atom. The minimum Gasteiger partial charge on any atom is -0.173 e. The van der Waals surface area contributed by atoms with Crippen molar-refractivity contribution in [3.05, 3.63) is 0 Å². The molecule has 0 bridgehead atoms. The van der Waals surface area contributed by atoms with Crippen molar-refractivity contribution in [2.75, 3.05) is 0 Å². The van der Waals surface area contributed by atoms with Gasteiger partial charge < -0.3 is 0 Å². The Labute approximate surface area is 115 Å². The zero-order chi connectivity index (χ0) is 13.4. The summed E-state index contributed by atoms with van der Waals surface area (Å²) in [5, 5.41) is 0. The summed E-state index contributed by atoms with van der Waals surface area (Å²) < 4.78 is 0.229. The van der Waals surface area contributed by atoms with Crippen LogP contribution in [0.2, 0.25) is 0 Å². The van der Waals surface area contributed by atoms with Crippen molar-refractivity contribution in [1.82, 2.24) is 0 Å². The average molecular weight is 259 g/mol. The van der Waals surface area contributed by atoms with E-state index in [-0.39, 0.29) is 4.75 Å². The molecule has 0 aliphatic carbocycles. The van der Waals surface area contributed by atoms with Gasteiger partial charge in [-0.15, -0.1) is 0 Å². The van der Waals surface area contributed by atoms with Crippen LogP contribution in [0.1, 0.15) is 92.4 Å². The van der Waals surface area contributed by atoms with Crippen LogP contribution < -0.4 is 0 Å². The lowest BCUT2D eigenvalue weighted by atomic mass is 9.89. The van der Waals surface area contributed by atoms with E-state index in [9.17, 15) is 0 Å². The third kappa shape index (κ3) is 16.4. The van der Waals surface area contributed by atoms with E-state index in [4.69, 9.17) is 0 Å². The first-order chi connectivity index (χ1) is 7.71. The summed E-state index contributed by atoms with van der Waals surface area (Å²) in [5.74, 6) is 0. The minimum absolute atomic E-state index is 0.229. The third-order valence-electron chi connectivity index (χ3n) is 3.22. The smallest absolute Gasteiger partial charge is 0.00731 e. The fourth-order valence-electron chi connectivity index (χ4n) is 2.10. The number of rotatable bonds is 9. The highest BCUT2D eigenvalue weighted by atomic mass is 32.1. The van der Waals surface area contributed by atoms with E-state index in [0.29, 0.717) is 5.41 Å². The van der Waals surface area contributed by atoms with Crippen LogP contribution in [-0.4, -0.2) is 4.75 Å². The Morgan fingerprint density at radius 3 is 1.29 bits per heavy atom. The molecule has 0 aromatic rings. The van der Waals surface area contributed by atoms with Gasteiger partial charge in [0.2, 0.25) is 0 Å². The van der Waals surface area contributed by atoms with E-state index in [1.54, 1.807) is 0 Å². The fraction of sp³-hybridized carbons (Fsp3) is 1.00. The molecule has 0 atom stereocenters. The summed E-state index contributed by atoms with van der Waals surface area (Å²) >= 11 is 4.55. The Morgan fingerprint density at radius 2 is 0.941 bits per heavy atom. The molecule has 0 aromatic carbocycles. The molecule has 0 N–H and O–H groups in total. The van der Waals surface area contributed by atoms with Crippen molar-refractivity contribution in [2.45, 2.75) is 97.2 Å². The number of unbranched alkanes of at least 4 members (excludes halogenated alkanes) is 6. The van der Waals surface area contributed by atoms with Crippen LogP contribution in [0.25, 0.3) is 0 Å². The topological polar surface area (TPSA) is 0 Å². The molecule has 0 saturated carbocycles. The van der Waals surface area contributed by atoms with Crippen LogP contribution in [-0.2, 0) is 0 Å². The van der Waals surface area contributed by atoms with Gasteiger partial charge in [-0.25, -0.2) is 0 Å². The lowest BCUT2D eigenvalue weighted by Crippen LogP contribution is -2.09. The molecular formula is C16H34S. The summed E-state index contributed by atoms with van der Waals surface area (Å²) in [7, 11) is 0. The summed E-state index contributed by atoms with van der Waals surface area (Å²) in [5.41, 5.74) is 0.526. The number of thiol groups is 1. The second-order valence-corrected chi connectivity index (χ2v) is 8.56. The lowest BCUT2D eigenvalue weighted by molar-refractivity contribution is 0.356. The van der Waals surface area contributed by atoms with E-state index in [0.717, 1.165) is 0 Å². The molecule has 0 nitrogen and oxygen atoms in total. The number of hydrogen-bond donors (Lipinski definition) is 1. The first-order valence-electron chi connectivity index (χ1n) is 7.43. The Kier molecular flexibility index (Phi) is 8.63. The van der Waals surface area contributed by atoms with Crippen molar-refractivity contribution in [3.8, 4) is 0 Å². The standard InChI is InChI=1S/C16H34S/c1-15(2,3)13-11-9-7-6-8-10-12-14-16(4,5)17/h17H,6-14H2,1-5H3. The predicted molar refractivity (Wildman–Crippen MR) is 84.1 cm³/mol. The van der Waals surface area contributed by atoms with E-state index >= 15 is 0 Å². The monoisotopic (exact) mass is 258 g/mol. The SMILES string of the molecule is CC(C)(C)CCCCCCCCCC(C)(C)S. The minimum atomic E-state index is 0.229. The van der Waals surface area contributed by atoms with E-state index in [2.05, 4.69) is 47.2 Å². The first-order valence-corrected chi connectivity index (χ1v) is 7.88. The summed E-state index contributed by atoms with van der Waals surface area (Å²) in [6, 6.07) is 0. The van der Waals surface area contributed by atoms with Gasteiger partial charge in [0.25, 0.3) is 0 Å². The average Bonchev–Trinajstić information content (AvgIpc) is 2.11. The Hall–Kier alpha value is 0.350. The zero-order valence-electron chi connectivity index (χ0n) is 12.8. The molecule has 0 aromatic heterocycles. The van der Waals surface area contributed by atoms with Crippen LogP contribution in [0.3, 0.4) is 0 Å². The van der Waals surface area contributed by atoms with Gasteiger partial charge in [-0.05, 0) is 18.3 Å². The molecule has 0 unspecified atom stereocenters. The predicted octanol–water partition coefficient (Wildman–Crippen LogP) is 6.25. The highest BCUT2D eigenvalue weighted by Gasteiger charge is 2.10. The second kappa shape index (κ2) is 8.45. The summed E-state index contributed by atoms with van der Waals surface area (Å²) in [6.07, 6.45) is 12.5. The van der Waals surface area contributed by atoms with Gasteiger partial charge in [0.15, 0.2) is 0 Å². The highest BCUT2D eigenvalue weighted by Crippen LogP contribution is 2.23. The maximum absolute atomic E-state index is 4.55. The fourth-order valence-corrected chi connectivity index (χ4v) is 2.25. The molecule has 0 fully saturated rings. The van der Waals surface area contributed by atoms with Crippen molar-refractivity contribution in [1.29, 1.82) is 0 Å². The van der Waals surface area contributed by atoms with Gasteiger partial charge in [-0.3, -0.25) is 0 Å². The van der Waals surface area contributed by atoms with E-state index in [1.807, 2.05) is 0 Å². The lowest BCUT2D eigenvalue weighted by Gasteiger charge is -2.17. The molecule has 0 amide bonds. The van der Waals surface area contributed by atoms with Crippen LogP contribution in [0.15, 0.2) is 0 Å². The van der Waals surface area contributed by atoms with Crippen LogP contribution >= 0.6 is 12.6 Å². The largest absolute Gasteiger partial charge is 0.173 e. The molecule has 0 heterocycles. The highest BCUT2D eigenvalue weighted by molar-refractivity contribution is 7.81. The molecule has 0 saturated heterocycles. The molecule has 0 aliphatic rings. The molecule has 0 rings (SSSR count). The Bertz CT molecular complexity index is 151. The van der Waals surface area contributed by atoms with Gasteiger partial charge in [0, 0.05) is 4.75 Å². The quantitative estimate of drug-likeness (QED) is 0.366. The maximum Gasteiger partial charge on any atom is 0.00731 e. The van der Waals surface area contributed by atoms with Crippen LogP contribution in [0, 0.1) is 5.41 Å². The first kappa shape index (κ1) is 17.4. The molecule has 17 heavy (non-hydrogen) atoms. The van der Waals surface area contributed by atoms with Crippen molar-refractivity contribution in [3.63, 3.8) is 0 Å². The van der Waals surface area contributed by atoms with Gasteiger partial charge >= 0.3 is 0 Å². The van der Waals surface area contributed by atoms with Gasteiger partial charge in [0.1, 0.15) is 0 Å². The van der Waals surface area contributed by atoms with Crippen LogP contribution in [0.5, 0.6) is 0 Å². The molecule has 104 valence electrons. The van der Waals surface area contributed by atoms with Crippen molar-refractivity contribution >= 4 is 12.6 Å². The third-order valence-corrected chi connectivity index (χ3v) is 3.44. The molecule has 0 radical (unpaired) electrons. The Balaban J connectivity index is 3.15. The summed E-state index contributed by atoms with van der Waals surface area (Å²) in [4.78, 5) is 0. The second-order valence-electron chi connectivity index (χ2n) is 7.35. The van der Waals surface area contributed by atoms with Gasteiger partial charge in [-0.2, -0.15) is 12.6 Å². The van der Waals surface area contributed by atoms with Gasteiger partial charge in [-0.1, -0.05) is 79.6 Å². The van der Waals surface area contributed by atoms with Crippen LogP contribution in [0.4, 0.5) is 0 Å². The normalized spacial score (nSPS) is 13.1. The van der Waals surface area contributed by atoms with Gasteiger partial charge in [0.05, 0.1) is 0 Å². The maximum atomic E-state index is 4.55. The van der Waals surface area contributed by atoms with E-state index in [1.165, 1.54) is 57.8 Å². The van der Waals surface area contributed by atoms with Crippen molar-refractivity contribution < 1.29 is 0 Å². The molecule has 1 heteroatoms. The van der Waals surface area contributed by atoms with Crippen molar-refractivity contribution in [2.24, 2.45) is 5.41 Å². The zero-order valence-corrected chi connectivity index (χ0v) is 13.7. The molecule has 0 spiro atoms. The van der Waals surface area contributed by atoms with E-state index < -0.39 is 0 Å². The number of hydrogen-bond acceptors (Lipinski definition) is 1. The molecular weight excluding hydrogens is 224 g/mol. The molecule has 0 aliphatic heterocycles.